The number of ether oxygens (including phenoxy) is 1. The summed E-state index contributed by atoms with van der Waals surface area (Å²) >= 11 is 0. The van der Waals surface area contributed by atoms with Crippen LogP contribution in [0.15, 0.2) is 0 Å². The maximum atomic E-state index is 11.5. The minimum atomic E-state index is -3.10. The first-order valence-corrected chi connectivity index (χ1v) is 7.52. The van der Waals surface area contributed by atoms with Crippen molar-refractivity contribution in [1.29, 1.82) is 0 Å². The highest BCUT2D eigenvalue weighted by molar-refractivity contribution is 7.89. The highest BCUT2D eigenvalue weighted by atomic mass is 32.2. The third kappa shape index (κ3) is 2.74. The van der Waals surface area contributed by atoms with Crippen molar-refractivity contribution in [1.82, 2.24) is 9.62 Å². The second-order valence-electron chi connectivity index (χ2n) is 4.54. The molecule has 5 nitrogen and oxygen atoms in total. The van der Waals surface area contributed by atoms with Crippen molar-refractivity contribution in [2.24, 2.45) is 0 Å². The van der Waals surface area contributed by atoms with Crippen molar-refractivity contribution >= 4 is 10.0 Å². The number of sulfonamides is 1. The second kappa shape index (κ2) is 5.00. The third-order valence-electron chi connectivity index (χ3n) is 3.52. The lowest BCUT2D eigenvalue weighted by molar-refractivity contribution is 0.141. The number of nitrogens with zero attached hydrogens (tertiary/aromatic N) is 1. The van der Waals surface area contributed by atoms with Gasteiger partial charge < -0.3 is 4.74 Å². The molecule has 0 aliphatic carbocycles. The predicted molar refractivity (Wildman–Crippen MR) is 61.8 cm³/mol. The molecule has 2 rings (SSSR count). The highest BCUT2D eigenvalue weighted by Gasteiger charge is 2.34. The maximum Gasteiger partial charge on any atom is 0.212 e. The second-order valence-corrected chi connectivity index (χ2v) is 6.51. The molecule has 1 N–H and O–H groups in total. The number of nitrogens with one attached hydrogen (secondary N) is 1. The fourth-order valence-corrected chi connectivity index (χ4v) is 3.67. The van der Waals surface area contributed by atoms with E-state index in [1.54, 1.807) is 0 Å². The quantitative estimate of drug-likeness (QED) is 0.748. The zero-order valence-electron chi connectivity index (χ0n) is 9.68. The van der Waals surface area contributed by atoms with Crippen molar-refractivity contribution in [3.05, 3.63) is 0 Å². The van der Waals surface area contributed by atoms with Crippen LogP contribution in [0.4, 0.5) is 0 Å². The van der Waals surface area contributed by atoms with Gasteiger partial charge in [0.1, 0.15) is 0 Å². The van der Waals surface area contributed by atoms with E-state index in [0.717, 1.165) is 39.0 Å². The summed E-state index contributed by atoms with van der Waals surface area (Å²) in [6, 6.07) is 0.601. The summed E-state index contributed by atoms with van der Waals surface area (Å²) in [5, 5.41) is 0. The monoisotopic (exact) mass is 248 g/mol. The molecule has 2 atom stereocenters. The van der Waals surface area contributed by atoms with E-state index >= 15 is 0 Å². The number of rotatable bonds is 4. The zero-order valence-corrected chi connectivity index (χ0v) is 10.5. The van der Waals surface area contributed by atoms with Crippen molar-refractivity contribution < 1.29 is 13.2 Å². The van der Waals surface area contributed by atoms with Crippen molar-refractivity contribution in [3.63, 3.8) is 0 Å². The Morgan fingerprint density at radius 2 is 2.25 bits per heavy atom. The molecular weight excluding hydrogens is 228 g/mol. The van der Waals surface area contributed by atoms with Gasteiger partial charge in [-0.15, -0.1) is 0 Å². The topological polar surface area (TPSA) is 58.6 Å². The van der Waals surface area contributed by atoms with E-state index in [1.807, 2.05) is 0 Å². The summed E-state index contributed by atoms with van der Waals surface area (Å²) in [4.78, 5) is 2.32. The molecule has 0 aromatic heterocycles. The SMILES string of the molecule is CNS(=O)(=O)CC1CCCN1C1CCOC1. The lowest BCUT2D eigenvalue weighted by Crippen LogP contribution is -2.44. The molecule has 2 unspecified atom stereocenters. The van der Waals surface area contributed by atoms with Gasteiger partial charge in [-0.3, -0.25) is 4.90 Å². The molecule has 0 saturated carbocycles. The third-order valence-corrected chi connectivity index (χ3v) is 4.97. The molecule has 6 heteroatoms. The highest BCUT2D eigenvalue weighted by Crippen LogP contribution is 2.25. The Bertz CT molecular complexity index is 325. The van der Waals surface area contributed by atoms with Gasteiger partial charge in [0.05, 0.1) is 12.4 Å². The van der Waals surface area contributed by atoms with E-state index in [9.17, 15) is 8.42 Å². The number of hydrogen-bond donors (Lipinski definition) is 1. The summed E-state index contributed by atoms with van der Waals surface area (Å²) in [5.74, 6) is 0.222. The standard InChI is InChI=1S/C10H20N2O3S/c1-11-16(13,14)8-10-3-2-5-12(10)9-4-6-15-7-9/h9-11H,2-8H2,1H3. The van der Waals surface area contributed by atoms with Crippen LogP contribution in [-0.2, 0) is 14.8 Å². The van der Waals surface area contributed by atoms with Gasteiger partial charge in [0.2, 0.25) is 10.0 Å². The van der Waals surface area contributed by atoms with Crippen LogP contribution >= 0.6 is 0 Å². The van der Waals surface area contributed by atoms with E-state index in [4.69, 9.17) is 4.74 Å². The Morgan fingerprint density at radius 3 is 2.88 bits per heavy atom. The Hall–Kier alpha value is -0.170. The van der Waals surface area contributed by atoms with Crippen LogP contribution in [0.25, 0.3) is 0 Å². The Labute approximate surface area is 97.2 Å². The number of likely N-dealkylation sites (tertiary alicyclic amines) is 1. The molecule has 0 spiro atoms. The molecule has 0 radical (unpaired) electrons. The Morgan fingerprint density at radius 1 is 1.44 bits per heavy atom. The molecule has 2 saturated heterocycles. The molecule has 0 amide bonds. The number of hydrogen-bond acceptors (Lipinski definition) is 4. The summed E-state index contributed by atoms with van der Waals surface area (Å²) in [6.45, 7) is 2.58. The van der Waals surface area contributed by atoms with Crippen LogP contribution in [0.5, 0.6) is 0 Å². The Balaban J connectivity index is 1.97. The van der Waals surface area contributed by atoms with Gasteiger partial charge in [-0.25, -0.2) is 13.1 Å². The molecule has 0 bridgehead atoms. The lowest BCUT2D eigenvalue weighted by atomic mass is 10.2. The van der Waals surface area contributed by atoms with Crippen LogP contribution < -0.4 is 4.72 Å². The molecule has 2 heterocycles. The van der Waals surface area contributed by atoms with E-state index in [-0.39, 0.29) is 11.8 Å². The summed E-state index contributed by atoms with van der Waals surface area (Å²) < 4.78 is 30.9. The van der Waals surface area contributed by atoms with E-state index in [0.29, 0.717) is 6.04 Å². The lowest BCUT2D eigenvalue weighted by Gasteiger charge is -2.29. The van der Waals surface area contributed by atoms with Crippen molar-refractivity contribution in [3.8, 4) is 0 Å². The van der Waals surface area contributed by atoms with Gasteiger partial charge in [-0.05, 0) is 32.9 Å². The first kappa shape index (κ1) is 12.3. The van der Waals surface area contributed by atoms with Crippen LogP contribution in [0, 0.1) is 0 Å². The van der Waals surface area contributed by atoms with Crippen molar-refractivity contribution in [2.45, 2.75) is 31.3 Å². The molecular formula is C10H20N2O3S. The van der Waals surface area contributed by atoms with Crippen LogP contribution in [0.2, 0.25) is 0 Å². The summed E-state index contributed by atoms with van der Waals surface area (Å²) in [6.07, 6.45) is 3.12. The van der Waals surface area contributed by atoms with Crippen molar-refractivity contribution in [2.75, 3.05) is 32.6 Å². The normalized spacial score (nSPS) is 32.3. The molecule has 2 aliphatic rings. The van der Waals surface area contributed by atoms with Crippen LogP contribution in [0.3, 0.4) is 0 Å². The molecule has 0 aromatic rings. The Kier molecular flexibility index (Phi) is 3.84. The molecule has 2 aliphatic heterocycles. The fourth-order valence-electron chi connectivity index (χ4n) is 2.64. The predicted octanol–water partition coefficient (Wildman–Crippen LogP) is -0.211. The van der Waals surface area contributed by atoms with Gasteiger partial charge in [0.25, 0.3) is 0 Å². The fraction of sp³-hybridized carbons (Fsp3) is 1.00. The molecule has 16 heavy (non-hydrogen) atoms. The zero-order chi connectivity index (χ0) is 11.6. The van der Waals surface area contributed by atoms with Crippen LogP contribution in [0.1, 0.15) is 19.3 Å². The smallest absolute Gasteiger partial charge is 0.212 e. The summed E-state index contributed by atoms with van der Waals surface area (Å²) in [5.41, 5.74) is 0. The maximum absolute atomic E-state index is 11.5. The van der Waals surface area contributed by atoms with E-state index in [2.05, 4.69) is 9.62 Å². The first-order chi connectivity index (χ1) is 7.62. The van der Waals surface area contributed by atoms with Gasteiger partial charge in [-0.1, -0.05) is 0 Å². The average Bonchev–Trinajstić information content (AvgIpc) is 2.86. The van der Waals surface area contributed by atoms with Crippen LogP contribution in [-0.4, -0.2) is 58.0 Å². The van der Waals surface area contributed by atoms with Gasteiger partial charge in [-0.2, -0.15) is 0 Å². The molecule has 0 aromatic carbocycles. The minimum Gasteiger partial charge on any atom is -0.380 e. The molecule has 2 fully saturated rings. The largest absolute Gasteiger partial charge is 0.380 e. The van der Waals surface area contributed by atoms with Gasteiger partial charge in [0.15, 0.2) is 0 Å². The average molecular weight is 248 g/mol. The van der Waals surface area contributed by atoms with E-state index in [1.165, 1.54) is 7.05 Å². The van der Waals surface area contributed by atoms with Gasteiger partial charge in [0, 0.05) is 18.7 Å². The summed E-state index contributed by atoms with van der Waals surface area (Å²) in [7, 11) is -1.62. The minimum absolute atomic E-state index is 0.171. The first-order valence-electron chi connectivity index (χ1n) is 5.87. The molecule has 94 valence electrons. The van der Waals surface area contributed by atoms with E-state index < -0.39 is 10.0 Å². The van der Waals surface area contributed by atoms with Gasteiger partial charge >= 0.3 is 0 Å².